The molecular weight excluding hydrogens is 290 g/mol. The standard InChI is InChI=1S/C14H22BFN2O4/c1-6-18(13(19)22-14(3,4)5)9(2)12-7-10(15(20)21)11(16)8-17-12/h7-9,20-21H,6H2,1-5H3/t9-/m1/s1. The van der Waals surface area contributed by atoms with Crippen molar-refractivity contribution >= 4 is 18.7 Å². The average Bonchev–Trinajstić information content (AvgIpc) is 2.37. The lowest BCUT2D eigenvalue weighted by molar-refractivity contribution is 0.0182. The van der Waals surface area contributed by atoms with Crippen LogP contribution in [0, 0.1) is 5.82 Å². The van der Waals surface area contributed by atoms with Crippen molar-refractivity contribution in [3.8, 4) is 0 Å². The average molecular weight is 312 g/mol. The van der Waals surface area contributed by atoms with Crippen LogP contribution < -0.4 is 5.46 Å². The van der Waals surface area contributed by atoms with Gasteiger partial charge < -0.3 is 19.7 Å². The molecule has 0 aromatic carbocycles. The Labute approximate surface area is 130 Å². The summed E-state index contributed by atoms with van der Waals surface area (Å²) in [5.41, 5.74) is -0.568. The van der Waals surface area contributed by atoms with Crippen LogP contribution in [-0.2, 0) is 4.74 Å². The Bertz CT molecular complexity index is 534. The fraction of sp³-hybridized carbons (Fsp3) is 0.571. The quantitative estimate of drug-likeness (QED) is 0.817. The number of aromatic nitrogens is 1. The second kappa shape index (κ2) is 7.06. The maximum absolute atomic E-state index is 13.5. The van der Waals surface area contributed by atoms with Crippen LogP contribution in [0.15, 0.2) is 12.3 Å². The van der Waals surface area contributed by atoms with Crippen molar-refractivity contribution in [2.75, 3.05) is 6.54 Å². The first-order chi connectivity index (χ1) is 10.1. The molecule has 0 spiro atoms. The van der Waals surface area contributed by atoms with Gasteiger partial charge in [-0.05, 0) is 40.7 Å². The Morgan fingerprint density at radius 1 is 1.50 bits per heavy atom. The Balaban J connectivity index is 3.04. The smallest absolute Gasteiger partial charge is 0.444 e. The summed E-state index contributed by atoms with van der Waals surface area (Å²) in [6.07, 6.45) is 0.392. The lowest BCUT2D eigenvalue weighted by Crippen LogP contribution is -2.39. The molecule has 6 nitrogen and oxygen atoms in total. The predicted molar refractivity (Wildman–Crippen MR) is 81.0 cm³/mol. The fourth-order valence-corrected chi connectivity index (χ4v) is 1.94. The van der Waals surface area contributed by atoms with Gasteiger partial charge in [-0.1, -0.05) is 0 Å². The Morgan fingerprint density at radius 3 is 2.55 bits per heavy atom. The van der Waals surface area contributed by atoms with E-state index in [9.17, 15) is 9.18 Å². The summed E-state index contributed by atoms with van der Waals surface area (Å²) < 4.78 is 18.8. The topological polar surface area (TPSA) is 82.9 Å². The molecule has 1 heterocycles. The summed E-state index contributed by atoms with van der Waals surface area (Å²) in [5, 5.41) is 18.3. The minimum absolute atomic E-state index is 0.280. The molecule has 0 aliphatic heterocycles. The van der Waals surface area contributed by atoms with E-state index in [1.807, 2.05) is 0 Å². The summed E-state index contributed by atoms with van der Waals surface area (Å²) >= 11 is 0. The number of nitrogens with zero attached hydrogens (tertiary/aromatic N) is 2. The first-order valence-corrected chi connectivity index (χ1v) is 7.08. The highest BCUT2D eigenvalue weighted by Crippen LogP contribution is 2.20. The summed E-state index contributed by atoms with van der Waals surface area (Å²) in [6.45, 7) is 9.15. The van der Waals surface area contributed by atoms with Crippen LogP contribution in [0.3, 0.4) is 0 Å². The number of carbonyl (C=O) groups excluding carboxylic acids is 1. The molecule has 0 saturated carbocycles. The Kier molecular flexibility index (Phi) is 5.90. The van der Waals surface area contributed by atoms with Gasteiger partial charge in [0.25, 0.3) is 0 Å². The van der Waals surface area contributed by atoms with E-state index in [4.69, 9.17) is 14.8 Å². The second-order valence-electron chi connectivity index (χ2n) is 5.95. The molecule has 0 aliphatic rings. The van der Waals surface area contributed by atoms with Crippen LogP contribution in [0.5, 0.6) is 0 Å². The van der Waals surface area contributed by atoms with Gasteiger partial charge in [0.15, 0.2) is 0 Å². The van der Waals surface area contributed by atoms with Gasteiger partial charge in [-0.2, -0.15) is 0 Å². The molecule has 0 radical (unpaired) electrons. The van der Waals surface area contributed by atoms with E-state index in [1.54, 1.807) is 34.6 Å². The van der Waals surface area contributed by atoms with Crippen LogP contribution in [-0.4, -0.2) is 45.3 Å². The summed E-state index contributed by atoms with van der Waals surface area (Å²) in [6, 6.07) is 0.732. The van der Waals surface area contributed by atoms with E-state index < -0.39 is 30.7 Å². The molecule has 0 fully saturated rings. The normalized spacial score (nSPS) is 12.7. The van der Waals surface area contributed by atoms with Crippen LogP contribution in [0.4, 0.5) is 9.18 Å². The van der Waals surface area contributed by atoms with Crippen molar-refractivity contribution in [3.63, 3.8) is 0 Å². The SMILES string of the molecule is CCN(C(=O)OC(C)(C)C)[C@H](C)c1cc(B(O)O)c(F)cn1. The third kappa shape index (κ3) is 4.67. The molecule has 1 aromatic rings. The predicted octanol–water partition coefficient (Wildman–Crippen LogP) is 1.22. The molecule has 0 aliphatic carbocycles. The molecule has 22 heavy (non-hydrogen) atoms. The Morgan fingerprint density at radius 2 is 2.09 bits per heavy atom. The molecule has 122 valence electrons. The number of ether oxygens (including phenoxy) is 1. The van der Waals surface area contributed by atoms with Gasteiger partial charge in [-0.3, -0.25) is 4.98 Å². The lowest BCUT2D eigenvalue weighted by Gasteiger charge is -2.30. The van der Waals surface area contributed by atoms with E-state index in [0.717, 1.165) is 6.20 Å². The summed E-state index contributed by atoms with van der Waals surface area (Å²) in [5.74, 6) is -0.814. The largest absolute Gasteiger partial charge is 0.491 e. The third-order valence-corrected chi connectivity index (χ3v) is 3.05. The van der Waals surface area contributed by atoms with Crippen molar-refractivity contribution in [1.29, 1.82) is 0 Å². The third-order valence-electron chi connectivity index (χ3n) is 3.05. The van der Waals surface area contributed by atoms with Crippen molar-refractivity contribution in [2.24, 2.45) is 0 Å². The van der Waals surface area contributed by atoms with E-state index in [0.29, 0.717) is 12.2 Å². The number of rotatable bonds is 4. The van der Waals surface area contributed by atoms with Gasteiger partial charge in [0.05, 0.1) is 17.9 Å². The zero-order chi connectivity index (χ0) is 17.1. The van der Waals surface area contributed by atoms with Gasteiger partial charge in [0.1, 0.15) is 11.4 Å². The number of pyridine rings is 1. The van der Waals surface area contributed by atoms with Crippen LogP contribution in [0.1, 0.15) is 46.4 Å². The zero-order valence-corrected chi connectivity index (χ0v) is 13.5. The number of carbonyl (C=O) groups is 1. The molecule has 1 atom stereocenters. The molecule has 1 aromatic heterocycles. The maximum atomic E-state index is 13.5. The number of hydrogen-bond donors (Lipinski definition) is 2. The molecule has 2 N–H and O–H groups in total. The molecule has 8 heteroatoms. The summed E-state index contributed by atoms with van der Waals surface area (Å²) in [4.78, 5) is 17.5. The minimum atomic E-state index is -1.94. The summed E-state index contributed by atoms with van der Waals surface area (Å²) in [7, 11) is -1.94. The minimum Gasteiger partial charge on any atom is -0.444 e. The molecule has 1 rings (SSSR count). The zero-order valence-electron chi connectivity index (χ0n) is 13.5. The first kappa shape index (κ1) is 18.4. The highest BCUT2D eigenvalue weighted by atomic mass is 19.1. The van der Waals surface area contributed by atoms with E-state index in [2.05, 4.69) is 4.98 Å². The fourth-order valence-electron chi connectivity index (χ4n) is 1.94. The van der Waals surface area contributed by atoms with Crippen LogP contribution in [0.25, 0.3) is 0 Å². The number of halogens is 1. The second-order valence-corrected chi connectivity index (χ2v) is 5.95. The molecule has 1 amide bonds. The molecular formula is C14H22BFN2O4. The van der Waals surface area contributed by atoms with Crippen molar-refractivity contribution in [3.05, 3.63) is 23.8 Å². The van der Waals surface area contributed by atoms with Gasteiger partial charge in [0.2, 0.25) is 0 Å². The monoisotopic (exact) mass is 312 g/mol. The van der Waals surface area contributed by atoms with Gasteiger partial charge in [-0.25, -0.2) is 9.18 Å². The Hall–Kier alpha value is -1.67. The maximum Gasteiger partial charge on any atom is 0.491 e. The van der Waals surface area contributed by atoms with Crippen molar-refractivity contribution < 1.29 is 24.0 Å². The van der Waals surface area contributed by atoms with E-state index in [-0.39, 0.29) is 5.46 Å². The first-order valence-electron chi connectivity index (χ1n) is 7.08. The van der Waals surface area contributed by atoms with Crippen molar-refractivity contribution in [1.82, 2.24) is 9.88 Å². The molecule has 0 bridgehead atoms. The van der Waals surface area contributed by atoms with Crippen LogP contribution >= 0.6 is 0 Å². The van der Waals surface area contributed by atoms with Gasteiger partial charge in [-0.15, -0.1) is 0 Å². The molecule has 0 saturated heterocycles. The number of hydrogen-bond acceptors (Lipinski definition) is 5. The van der Waals surface area contributed by atoms with E-state index in [1.165, 1.54) is 11.0 Å². The highest BCUT2D eigenvalue weighted by Gasteiger charge is 2.27. The lowest BCUT2D eigenvalue weighted by atomic mass is 9.80. The highest BCUT2D eigenvalue weighted by molar-refractivity contribution is 6.58. The van der Waals surface area contributed by atoms with Gasteiger partial charge in [0, 0.05) is 12.0 Å². The van der Waals surface area contributed by atoms with E-state index >= 15 is 0 Å². The molecule has 0 unspecified atom stereocenters. The van der Waals surface area contributed by atoms with Crippen LogP contribution in [0.2, 0.25) is 0 Å². The van der Waals surface area contributed by atoms with Gasteiger partial charge >= 0.3 is 13.2 Å². The van der Waals surface area contributed by atoms with Crippen molar-refractivity contribution in [2.45, 2.75) is 46.3 Å². The number of amides is 1.